The molecule has 0 aromatic heterocycles. The maximum Gasteiger partial charge on any atom is 0.123 e. The minimum absolute atomic E-state index is 0.0190. The molecular weight excluding hydrogens is 269 g/mol. The van der Waals surface area contributed by atoms with E-state index in [-0.39, 0.29) is 5.54 Å². The zero-order valence-corrected chi connectivity index (χ0v) is 12.7. The smallest absolute Gasteiger partial charge is 0.123 e. The number of hydrogen-bond donors (Lipinski definition) is 1. The quantitative estimate of drug-likeness (QED) is 0.758. The third kappa shape index (κ3) is 3.78. The van der Waals surface area contributed by atoms with Crippen molar-refractivity contribution in [3.63, 3.8) is 0 Å². The lowest BCUT2D eigenvalue weighted by atomic mass is 9.95. The van der Waals surface area contributed by atoms with E-state index < -0.39 is 0 Å². The Labute approximate surface area is 120 Å². The zero-order chi connectivity index (χ0) is 13.6. The molecule has 0 aliphatic heterocycles. The van der Waals surface area contributed by atoms with Gasteiger partial charge < -0.3 is 10.1 Å². The van der Waals surface area contributed by atoms with E-state index >= 15 is 0 Å². The lowest BCUT2D eigenvalue weighted by molar-refractivity contribution is 0.329. The predicted molar refractivity (Wildman–Crippen MR) is 78.9 cm³/mol. The van der Waals surface area contributed by atoms with Gasteiger partial charge in [0, 0.05) is 28.5 Å². The summed E-state index contributed by atoms with van der Waals surface area (Å²) in [6.07, 6.45) is 1.99. The number of halogens is 2. The third-order valence-electron chi connectivity index (χ3n) is 3.51. The van der Waals surface area contributed by atoms with Crippen LogP contribution in [-0.2, 0) is 6.54 Å². The highest BCUT2D eigenvalue weighted by Crippen LogP contribution is 2.24. The molecule has 102 valence electrons. The Kier molecular flexibility index (Phi) is 6.27. The molecular formula is C14H21Cl2NO. The normalized spacial score (nSPS) is 11.6. The first-order chi connectivity index (χ1) is 8.60. The summed E-state index contributed by atoms with van der Waals surface area (Å²) in [6.45, 7) is 5.00. The van der Waals surface area contributed by atoms with Crippen molar-refractivity contribution in [2.45, 2.75) is 38.8 Å². The second kappa shape index (κ2) is 7.22. The molecule has 0 fully saturated rings. The van der Waals surface area contributed by atoms with Crippen molar-refractivity contribution < 1.29 is 4.74 Å². The Morgan fingerprint density at radius 3 is 2.44 bits per heavy atom. The van der Waals surface area contributed by atoms with Crippen LogP contribution < -0.4 is 10.1 Å². The largest absolute Gasteiger partial charge is 0.496 e. The second-order valence-corrected chi connectivity index (χ2v) is 5.13. The summed E-state index contributed by atoms with van der Waals surface area (Å²) in [5.41, 5.74) is 1.04. The van der Waals surface area contributed by atoms with E-state index in [1.54, 1.807) is 7.11 Å². The maximum atomic E-state index is 6.08. The van der Waals surface area contributed by atoms with Gasteiger partial charge in [0.05, 0.1) is 7.11 Å². The fourth-order valence-electron chi connectivity index (χ4n) is 1.90. The minimum atomic E-state index is -0.0190. The number of ether oxygens (including phenoxy) is 1. The molecule has 0 aliphatic carbocycles. The summed E-state index contributed by atoms with van der Waals surface area (Å²) in [6, 6.07) is 5.65. The van der Waals surface area contributed by atoms with E-state index in [1.165, 1.54) is 0 Å². The van der Waals surface area contributed by atoms with Gasteiger partial charge in [0.25, 0.3) is 0 Å². The Morgan fingerprint density at radius 2 is 1.94 bits per heavy atom. The molecule has 4 heteroatoms. The third-order valence-corrected chi connectivity index (χ3v) is 4.25. The van der Waals surface area contributed by atoms with Crippen LogP contribution in [0.3, 0.4) is 0 Å². The van der Waals surface area contributed by atoms with Crippen LogP contribution in [-0.4, -0.2) is 18.5 Å². The fourth-order valence-corrected chi connectivity index (χ4v) is 2.57. The van der Waals surface area contributed by atoms with Crippen molar-refractivity contribution in [1.29, 1.82) is 0 Å². The number of nitrogens with one attached hydrogen (secondary N) is 1. The van der Waals surface area contributed by atoms with Crippen molar-refractivity contribution in [1.82, 2.24) is 5.32 Å². The molecule has 1 aromatic carbocycles. The standard InChI is InChI=1S/C14H21Cl2NO/c1-4-14(5-2,10-15)17-9-11-8-12(16)6-7-13(11)18-3/h6-8,17H,4-5,9-10H2,1-3H3. The highest BCUT2D eigenvalue weighted by atomic mass is 35.5. The molecule has 18 heavy (non-hydrogen) atoms. The second-order valence-electron chi connectivity index (χ2n) is 4.43. The average molecular weight is 290 g/mol. The number of benzene rings is 1. The summed E-state index contributed by atoms with van der Waals surface area (Å²) in [5.74, 6) is 1.45. The highest BCUT2D eigenvalue weighted by Gasteiger charge is 2.24. The summed E-state index contributed by atoms with van der Waals surface area (Å²) in [4.78, 5) is 0. The van der Waals surface area contributed by atoms with Crippen LogP contribution in [0.25, 0.3) is 0 Å². The molecule has 0 amide bonds. The Morgan fingerprint density at radius 1 is 1.28 bits per heavy atom. The first-order valence-electron chi connectivity index (χ1n) is 6.24. The van der Waals surface area contributed by atoms with Crippen LogP contribution in [0.4, 0.5) is 0 Å². The van der Waals surface area contributed by atoms with Gasteiger partial charge >= 0.3 is 0 Å². The Bertz CT molecular complexity index is 370. The molecule has 0 unspecified atom stereocenters. The molecule has 0 atom stereocenters. The Balaban J connectivity index is 2.81. The molecule has 0 spiro atoms. The first kappa shape index (κ1) is 15.6. The summed E-state index contributed by atoms with van der Waals surface area (Å²) >= 11 is 12.1. The van der Waals surface area contributed by atoms with Crippen molar-refractivity contribution in [2.75, 3.05) is 13.0 Å². The van der Waals surface area contributed by atoms with Crippen LogP contribution in [0.15, 0.2) is 18.2 Å². The molecule has 0 radical (unpaired) electrons. The van der Waals surface area contributed by atoms with Gasteiger partial charge in [0.1, 0.15) is 5.75 Å². The lowest BCUT2D eigenvalue weighted by Gasteiger charge is -2.31. The number of methoxy groups -OCH3 is 1. The van der Waals surface area contributed by atoms with Crippen molar-refractivity contribution in [3.8, 4) is 5.75 Å². The van der Waals surface area contributed by atoms with Crippen molar-refractivity contribution in [2.24, 2.45) is 0 Å². The molecule has 0 saturated heterocycles. The van der Waals surface area contributed by atoms with Crippen molar-refractivity contribution >= 4 is 23.2 Å². The fraction of sp³-hybridized carbons (Fsp3) is 0.571. The summed E-state index contributed by atoms with van der Waals surface area (Å²) < 4.78 is 5.33. The number of alkyl halides is 1. The van der Waals surface area contributed by atoms with E-state index in [4.69, 9.17) is 27.9 Å². The molecule has 0 saturated carbocycles. The van der Waals surface area contributed by atoms with E-state index in [0.29, 0.717) is 12.4 Å². The predicted octanol–water partition coefficient (Wildman–Crippen LogP) is 4.24. The van der Waals surface area contributed by atoms with E-state index in [9.17, 15) is 0 Å². The van der Waals surface area contributed by atoms with Gasteiger partial charge in [-0.05, 0) is 31.0 Å². The van der Waals surface area contributed by atoms with E-state index in [1.807, 2.05) is 18.2 Å². The molecule has 1 aromatic rings. The maximum absolute atomic E-state index is 6.08. The lowest BCUT2D eigenvalue weighted by Crippen LogP contribution is -2.45. The van der Waals surface area contributed by atoms with Crippen molar-refractivity contribution in [3.05, 3.63) is 28.8 Å². The van der Waals surface area contributed by atoms with Gasteiger partial charge in [-0.1, -0.05) is 25.4 Å². The molecule has 0 heterocycles. The number of hydrogen-bond acceptors (Lipinski definition) is 2. The van der Waals surface area contributed by atoms with Crippen LogP contribution in [0.1, 0.15) is 32.3 Å². The van der Waals surface area contributed by atoms with Crippen LogP contribution in [0.2, 0.25) is 5.02 Å². The SMILES string of the molecule is CCC(CC)(CCl)NCc1cc(Cl)ccc1OC. The van der Waals surface area contributed by atoms with Gasteiger partial charge in [-0.2, -0.15) is 0 Å². The zero-order valence-electron chi connectivity index (χ0n) is 11.2. The van der Waals surface area contributed by atoms with Crippen LogP contribution in [0.5, 0.6) is 5.75 Å². The molecule has 2 nitrogen and oxygen atoms in total. The van der Waals surface area contributed by atoms with Gasteiger partial charge in [-0.15, -0.1) is 11.6 Å². The summed E-state index contributed by atoms with van der Waals surface area (Å²) in [5, 5.41) is 4.25. The monoisotopic (exact) mass is 289 g/mol. The van der Waals surface area contributed by atoms with Gasteiger partial charge in [-0.25, -0.2) is 0 Å². The van der Waals surface area contributed by atoms with Gasteiger partial charge in [-0.3, -0.25) is 0 Å². The van der Waals surface area contributed by atoms with Crippen LogP contribution in [0, 0.1) is 0 Å². The Hall–Kier alpha value is -0.440. The molecule has 1 rings (SSSR count). The minimum Gasteiger partial charge on any atom is -0.496 e. The van der Waals surface area contributed by atoms with E-state index in [2.05, 4.69) is 19.2 Å². The number of rotatable bonds is 7. The van der Waals surface area contributed by atoms with Gasteiger partial charge in [0.15, 0.2) is 0 Å². The molecule has 0 bridgehead atoms. The highest BCUT2D eigenvalue weighted by molar-refractivity contribution is 6.30. The average Bonchev–Trinajstić information content (AvgIpc) is 2.41. The molecule has 1 N–H and O–H groups in total. The van der Waals surface area contributed by atoms with Crippen LogP contribution >= 0.6 is 23.2 Å². The van der Waals surface area contributed by atoms with Gasteiger partial charge in [0.2, 0.25) is 0 Å². The van der Waals surface area contributed by atoms with E-state index in [0.717, 1.165) is 29.2 Å². The summed E-state index contributed by atoms with van der Waals surface area (Å²) in [7, 11) is 1.67. The molecule has 0 aliphatic rings. The topological polar surface area (TPSA) is 21.3 Å². The first-order valence-corrected chi connectivity index (χ1v) is 7.15.